The summed E-state index contributed by atoms with van der Waals surface area (Å²) in [5.74, 6) is -0.563. The Morgan fingerprint density at radius 1 is 1.04 bits per heavy atom. The van der Waals surface area contributed by atoms with E-state index < -0.39 is 0 Å². The smallest absolute Gasteiger partial charge is 0.244 e. The molecule has 0 atom stereocenters. The maximum atomic E-state index is 13.5. The number of halogens is 1. The molecule has 2 aromatic rings. The Labute approximate surface area is 149 Å². The lowest BCUT2D eigenvalue weighted by Crippen LogP contribution is -3.10. The van der Waals surface area contributed by atoms with E-state index in [2.05, 4.69) is 25.2 Å². The van der Waals surface area contributed by atoms with Gasteiger partial charge in [-0.2, -0.15) is 0 Å². The van der Waals surface area contributed by atoms with Crippen LogP contribution < -0.4 is 10.2 Å². The summed E-state index contributed by atoms with van der Waals surface area (Å²) in [6, 6.07) is 14.6. The van der Waals surface area contributed by atoms with Crippen LogP contribution in [0.25, 0.3) is 6.08 Å². The number of carbonyl (C=O) groups is 1. The molecule has 4 heteroatoms. The largest absolute Gasteiger partial charge is 0.348 e. The molecule has 0 aliphatic heterocycles. The van der Waals surface area contributed by atoms with Crippen LogP contribution in [0.2, 0.25) is 0 Å². The van der Waals surface area contributed by atoms with Gasteiger partial charge in [0.2, 0.25) is 5.91 Å². The van der Waals surface area contributed by atoms with Crippen LogP contribution in [0.5, 0.6) is 0 Å². The maximum Gasteiger partial charge on any atom is 0.244 e. The molecule has 1 amide bonds. The summed E-state index contributed by atoms with van der Waals surface area (Å²) in [7, 11) is 0. The van der Waals surface area contributed by atoms with E-state index in [1.54, 1.807) is 18.2 Å². The Bertz CT molecular complexity index is 723. The highest BCUT2D eigenvalue weighted by Gasteiger charge is 2.09. The first-order valence-corrected chi connectivity index (χ1v) is 8.74. The van der Waals surface area contributed by atoms with Gasteiger partial charge in [-0.1, -0.05) is 42.5 Å². The molecule has 0 spiro atoms. The summed E-state index contributed by atoms with van der Waals surface area (Å²) in [5.41, 5.74) is 2.78. The summed E-state index contributed by atoms with van der Waals surface area (Å²) < 4.78 is 13.5. The summed E-state index contributed by atoms with van der Waals surface area (Å²) in [6.45, 7) is 7.92. The van der Waals surface area contributed by atoms with E-state index in [-0.39, 0.29) is 11.7 Å². The van der Waals surface area contributed by atoms with Gasteiger partial charge in [0.1, 0.15) is 12.4 Å². The molecule has 0 bridgehead atoms. The topological polar surface area (TPSA) is 33.5 Å². The van der Waals surface area contributed by atoms with Gasteiger partial charge in [0, 0.05) is 23.7 Å². The van der Waals surface area contributed by atoms with Crippen molar-refractivity contribution in [3.63, 3.8) is 0 Å². The fourth-order valence-electron chi connectivity index (χ4n) is 2.69. The van der Waals surface area contributed by atoms with Crippen LogP contribution in [0.15, 0.2) is 54.6 Å². The predicted octanol–water partition coefficient (Wildman–Crippen LogP) is 2.58. The van der Waals surface area contributed by atoms with Crippen molar-refractivity contribution in [2.75, 3.05) is 13.1 Å². The molecule has 0 heterocycles. The second kappa shape index (κ2) is 9.74. The first kappa shape index (κ1) is 18.9. The van der Waals surface area contributed by atoms with Crippen LogP contribution in [0.1, 0.15) is 30.5 Å². The highest BCUT2D eigenvalue weighted by Crippen LogP contribution is 2.09. The van der Waals surface area contributed by atoms with Gasteiger partial charge in [0.15, 0.2) is 0 Å². The van der Waals surface area contributed by atoms with E-state index in [9.17, 15) is 9.18 Å². The van der Waals surface area contributed by atoms with Crippen molar-refractivity contribution in [2.45, 2.75) is 26.9 Å². The van der Waals surface area contributed by atoms with E-state index in [1.807, 2.05) is 18.2 Å². The van der Waals surface area contributed by atoms with Crippen LogP contribution in [0, 0.1) is 5.82 Å². The molecule has 2 aromatic carbocycles. The van der Waals surface area contributed by atoms with E-state index >= 15 is 0 Å². The van der Waals surface area contributed by atoms with E-state index in [0.29, 0.717) is 12.1 Å². The first-order chi connectivity index (χ1) is 12.1. The van der Waals surface area contributed by atoms with Crippen LogP contribution in [-0.2, 0) is 17.9 Å². The fraction of sp³-hybridized carbons (Fsp3) is 0.286. The molecule has 0 fully saturated rings. The van der Waals surface area contributed by atoms with Crippen molar-refractivity contribution in [1.82, 2.24) is 5.32 Å². The van der Waals surface area contributed by atoms with Gasteiger partial charge in [-0.25, -0.2) is 4.39 Å². The summed E-state index contributed by atoms with van der Waals surface area (Å²) in [4.78, 5) is 13.5. The minimum absolute atomic E-state index is 0.228. The molecule has 0 aromatic heterocycles. The number of rotatable bonds is 8. The molecular formula is C21H26FN2O+. The third-order valence-electron chi connectivity index (χ3n) is 4.33. The molecule has 132 valence electrons. The molecule has 0 radical (unpaired) electrons. The van der Waals surface area contributed by atoms with Gasteiger partial charge >= 0.3 is 0 Å². The Morgan fingerprint density at radius 2 is 1.68 bits per heavy atom. The summed E-state index contributed by atoms with van der Waals surface area (Å²) in [6.07, 6.45) is 2.87. The van der Waals surface area contributed by atoms with Gasteiger partial charge in [0.25, 0.3) is 0 Å². The number of carbonyl (C=O) groups excluding carboxylic acids is 1. The Hall–Kier alpha value is -2.46. The Morgan fingerprint density at radius 3 is 2.36 bits per heavy atom. The van der Waals surface area contributed by atoms with Gasteiger partial charge in [-0.3, -0.25) is 4.79 Å². The second-order valence-electron chi connectivity index (χ2n) is 5.98. The average molecular weight is 341 g/mol. The van der Waals surface area contributed by atoms with Crippen molar-refractivity contribution < 1.29 is 14.1 Å². The molecule has 0 aliphatic carbocycles. The normalized spacial score (nSPS) is 11.2. The van der Waals surface area contributed by atoms with Crippen molar-refractivity contribution in [3.05, 3.63) is 77.1 Å². The number of benzene rings is 2. The molecular weight excluding hydrogens is 315 g/mol. The molecule has 2 rings (SSSR count). The van der Waals surface area contributed by atoms with Crippen molar-refractivity contribution in [1.29, 1.82) is 0 Å². The van der Waals surface area contributed by atoms with Crippen molar-refractivity contribution in [2.24, 2.45) is 0 Å². The van der Waals surface area contributed by atoms with E-state index in [0.717, 1.165) is 25.2 Å². The summed E-state index contributed by atoms with van der Waals surface area (Å²) >= 11 is 0. The van der Waals surface area contributed by atoms with Gasteiger partial charge in [0.05, 0.1) is 13.1 Å². The van der Waals surface area contributed by atoms with Crippen LogP contribution in [-0.4, -0.2) is 19.0 Å². The van der Waals surface area contributed by atoms with Gasteiger partial charge < -0.3 is 10.2 Å². The minimum atomic E-state index is -0.334. The highest BCUT2D eigenvalue weighted by atomic mass is 19.1. The van der Waals surface area contributed by atoms with Crippen molar-refractivity contribution in [3.8, 4) is 0 Å². The van der Waals surface area contributed by atoms with E-state index in [1.165, 1.54) is 28.7 Å². The average Bonchev–Trinajstić information content (AvgIpc) is 2.64. The number of quaternary nitrogens is 1. The third kappa shape index (κ3) is 5.84. The molecule has 0 saturated heterocycles. The molecule has 2 N–H and O–H groups in total. The van der Waals surface area contributed by atoms with Gasteiger partial charge in [-0.15, -0.1) is 0 Å². The van der Waals surface area contributed by atoms with E-state index in [4.69, 9.17) is 0 Å². The zero-order valence-electron chi connectivity index (χ0n) is 14.9. The number of hydrogen-bond acceptors (Lipinski definition) is 1. The van der Waals surface area contributed by atoms with Crippen LogP contribution >= 0.6 is 0 Å². The monoisotopic (exact) mass is 341 g/mol. The molecule has 0 saturated carbocycles. The Balaban J connectivity index is 1.97. The van der Waals surface area contributed by atoms with Crippen molar-refractivity contribution >= 4 is 12.0 Å². The third-order valence-corrected chi connectivity index (χ3v) is 4.33. The molecule has 0 aliphatic rings. The second-order valence-corrected chi connectivity index (χ2v) is 5.98. The van der Waals surface area contributed by atoms with Gasteiger partial charge in [-0.05, 0) is 31.6 Å². The maximum absolute atomic E-state index is 13.5. The fourth-order valence-corrected chi connectivity index (χ4v) is 2.69. The van der Waals surface area contributed by atoms with Crippen LogP contribution in [0.4, 0.5) is 4.39 Å². The zero-order chi connectivity index (χ0) is 18.1. The minimum Gasteiger partial charge on any atom is -0.348 e. The quantitative estimate of drug-likeness (QED) is 0.711. The number of amides is 1. The predicted molar refractivity (Wildman–Crippen MR) is 99.5 cm³/mol. The zero-order valence-corrected chi connectivity index (χ0v) is 14.9. The SMILES string of the molecule is CC[NH+](CC)Cc1ccccc1CNC(=O)/C=C/c1ccccc1F. The Kier molecular flexibility index (Phi) is 7.36. The lowest BCUT2D eigenvalue weighted by Gasteiger charge is -2.17. The molecule has 25 heavy (non-hydrogen) atoms. The number of hydrogen-bond donors (Lipinski definition) is 2. The number of nitrogens with one attached hydrogen (secondary N) is 2. The molecule has 3 nitrogen and oxygen atoms in total. The lowest BCUT2D eigenvalue weighted by atomic mass is 10.1. The highest BCUT2D eigenvalue weighted by molar-refractivity contribution is 5.91. The summed E-state index contributed by atoms with van der Waals surface area (Å²) in [5, 5.41) is 2.88. The first-order valence-electron chi connectivity index (χ1n) is 8.74. The standard InChI is InChI=1S/C21H25FN2O/c1-3-24(4-2)16-19-11-6-5-10-18(19)15-23-21(25)14-13-17-9-7-8-12-20(17)22/h5-14H,3-4,15-16H2,1-2H3,(H,23,25)/p+1/b14-13+. The van der Waals surface area contributed by atoms with Crippen LogP contribution in [0.3, 0.4) is 0 Å². The molecule has 0 unspecified atom stereocenters. The lowest BCUT2D eigenvalue weighted by molar-refractivity contribution is -0.910.